The Morgan fingerprint density at radius 2 is 2.16 bits per heavy atom. The maximum absolute atomic E-state index is 13.4. The number of nitrogens with zero attached hydrogens (tertiary/aromatic N) is 4. The van der Waals surface area contributed by atoms with Crippen LogP contribution in [0.4, 0.5) is 8.78 Å². The van der Waals surface area contributed by atoms with Gasteiger partial charge in [0.2, 0.25) is 5.89 Å². The van der Waals surface area contributed by atoms with Crippen LogP contribution in [-0.2, 0) is 13.6 Å². The van der Waals surface area contributed by atoms with Crippen molar-refractivity contribution < 1.29 is 13.2 Å². The van der Waals surface area contributed by atoms with Gasteiger partial charge < -0.3 is 4.42 Å². The highest BCUT2D eigenvalue weighted by Gasteiger charge is 2.27. The molecular formula is C18H18F2N4O. The van der Waals surface area contributed by atoms with Crippen LogP contribution in [-0.4, -0.2) is 26.2 Å². The zero-order chi connectivity index (χ0) is 17.4. The van der Waals surface area contributed by atoms with Crippen molar-refractivity contribution in [3.05, 3.63) is 59.7 Å². The van der Waals surface area contributed by atoms with Crippen LogP contribution < -0.4 is 0 Å². The van der Waals surface area contributed by atoms with Gasteiger partial charge in [0.05, 0.1) is 11.9 Å². The highest BCUT2D eigenvalue weighted by Crippen LogP contribution is 2.33. The largest absolute Gasteiger partial charge is 0.444 e. The van der Waals surface area contributed by atoms with Crippen molar-refractivity contribution in [2.75, 3.05) is 6.54 Å². The number of halogens is 2. The molecule has 0 radical (unpaired) electrons. The molecule has 0 spiro atoms. The van der Waals surface area contributed by atoms with Gasteiger partial charge in [0, 0.05) is 37.0 Å². The Kier molecular flexibility index (Phi) is 4.09. The summed E-state index contributed by atoms with van der Waals surface area (Å²) >= 11 is 0. The molecule has 1 fully saturated rings. The summed E-state index contributed by atoms with van der Waals surface area (Å²) < 4.78 is 33.7. The minimum atomic E-state index is -0.909. The zero-order valence-electron chi connectivity index (χ0n) is 13.8. The lowest BCUT2D eigenvalue weighted by atomic mass is 10.1. The number of hydrogen-bond donors (Lipinski definition) is 0. The lowest BCUT2D eigenvalue weighted by Gasteiger charge is -2.22. The summed E-state index contributed by atoms with van der Waals surface area (Å²) in [5, 5.41) is 4.25. The van der Waals surface area contributed by atoms with Crippen LogP contribution in [0.5, 0.6) is 0 Å². The number of aromatic nitrogens is 3. The maximum Gasteiger partial charge on any atom is 0.226 e. The molecule has 5 nitrogen and oxygen atoms in total. The normalized spacial score (nSPS) is 18.1. The Balaban J connectivity index is 1.51. The summed E-state index contributed by atoms with van der Waals surface area (Å²) in [6, 6.07) is 3.95. The van der Waals surface area contributed by atoms with Crippen LogP contribution in [0, 0.1) is 11.6 Å². The van der Waals surface area contributed by atoms with Crippen molar-refractivity contribution in [3.63, 3.8) is 0 Å². The topological polar surface area (TPSA) is 47.1 Å². The van der Waals surface area contributed by atoms with Crippen molar-refractivity contribution in [2.45, 2.75) is 25.4 Å². The first kappa shape index (κ1) is 16.0. The van der Waals surface area contributed by atoms with Crippen LogP contribution in [0.25, 0.3) is 11.5 Å². The highest BCUT2D eigenvalue weighted by atomic mass is 19.2. The summed E-state index contributed by atoms with van der Waals surface area (Å²) in [6.07, 6.45) is 7.72. The third-order valence-corrected chi connectivity index (χ3v) is 4.56. The van der Waals surface area contributed by atoms with E-state index in [1.807, 2.05) is 24.1 Å². The number of benzene rings is 1. The van der Waals surface area contributed by atoms with Gasteiger partial charge in [-0.3, -0.25) is 9.58 Å². The van der Waals surface area contributed by atoms with E-state index in [9.17, 15) is 8.78 Å². The Bertz CT molecular complexity index is 889. The molecule has 3 heterocycles. The van der Waals surface area contributed by atoms with Gasteiger partial charge >= 0.3 is 0 Å². The maximum atomic E-state index is 13.4. The molecule has 0 N–H and O–H groups in total. The molecule has 25 heavy (non-hydrogen) atoms. The smallest absolute Gasteiger partial charge is 0.226 e. The van der Waals surface area contributed by atoms with Gasteiger partial charge in [0.1, 0.15) is 6.26 Å². The van der Waals surface area contributed by atoms with Crippen LogP contribution in [0.15, 0.2) is 41.3 Å². The number of aryl methyl sites for hydroxylation is 1. The second-order valence-electron chi connectivity index (χ2n) is 6.35. The van der Waals surface area contributed by atoms with E-state index < -0.39 is 11.6 Å². The first-order valence-electron chi connectivity index (χ1n) is 8.22. The Morgan fingerprint density at radius 3 is 2.92 bits per heavy atom. The van der Waals surface area contributed by atoms with E-state index in [-0.39, 0.29) is 0 Å². The number of hydrogen-bond acceptors (Lipinski definition) is 4. The third-order valence-electron chi connectivity index (χ3n) is 4.56. The molecular weight excluding hydrogens is 326 g/mol. The fourth-order valence-corrected chi connectivity index (χ4v) is 3.35. The Morgan fingerprint density at radius 1 is 1.28 bits per heavy atom. The summed E-state index contributed by atoms with van der Waals surface area (Å²) in [7, 11) is 1.91. The molecule has 3 aromatic rings. The first-order chi connectivity index (χ1) is 12.1. The number of oxazole rings is 1. The number of likely N-dealkylation sites (tertiary alicyclic amines) is 1. The molecule has 0 bridgehead atoms. The van der Waals surface area contributed by atoms with Gasteiger partial charge in [0.25, 0.3) is 0 Å². The molecule has 130 valence electrons. The molecule has 1 saturated heterocycles. The number of rotatable bonds is 4. The minimum Gasteiger partial charge on any atom is -0.444 e. The average molecular weight is 344 g/mol. The predicted molar refractivity (Wildman–Crippen MR) is 87.4 cm³/mol. The van der Waals surface area contributed by atoms with Gasteiger partial charge in [-0.05, 0) is 37.6 Å². The molecule has 0 unspecified atom stereocenters. The van der Waals surface area contributed by atoms with Crippen molar-refractivity contribution in [1.82, 2.24) is 19.7 Å². The lowest BCUT2D eigenvalue weighted by Crippen LogP contribution is -2.22. The van der Waals surface area contributed by atoms with Crippen molar-refractivity contribution in [1.29, 1.82) is 0 Å². The van der Waals surface area contributed by atoms with Crippen molar-refractivity contribution >= 4 is 0 Å². The Labute approximate surface area is 143 Å². The fourth-order valence-electron chi connectivity index (χ4n) is 3.35. The summed E-state index contributed by atoms with van der Waals surface area (Å²) in [5.41, 5.74) is 2.40. The second kappa shape index (κ2) is 6.40. The van der Waals surface area contributed by atoms with Gasteiger partial charge in [-0.2, -0.15) is 5.10 Å². The highest BCUT2D eigenvalue weighted by molar-refractivity contribution is 5.53. The fraction of sp³-hybridized carbons (Fsp3) is 0.333. The molecule has 2 aromatic heterocycles. The van der Waals surface area contributed by atoms with E-state index in [4.69, 9.17) is 4.42 Å². The molecule has 1 aromatic carbocycles. The standard InChI is InChI=1S/C18H18F2N4O/c1-23-9-13(8-21-23)17-3-2-6-24(17)10-14-11-25-18(22-14)12-4-5-15(19)16(20)7-12/h4-5,7-9,11,17H,2-3,6,10H2,1H3/t17-/m1/s1. The van der Waals surface area contributed by atoms with Gasteiger partial charge in [-0.1, -0.05) is 0 Å². The molecule has 0 aliphatic carbocycles. The van der Waals surface area contributed by atoms with E-state index in [0.29, 0.717) is 24.0 Å². The molecule has 1 atom stereocenters. The summed E-state index contributed by atoms with van der Waals surface area (Å²) in [4.78, 5) is 6.77. The van der Waals surface area contributed by atoms with E-state index in [1.165, 1.54) is 11.6 Å². The van der Waals surface area contributed by atoms with E-state index in [2.05, 4.69) is 15.0 Å². The SMILES string of the molecule is Cn1cc([C@H]2CCCN2Cc2coc(-c3ccc(F)c(F)c3)n2)cn1. The Hall–Kier alpha value is -2.54. The van der Waals surface area contributed by atoms with E-state index in [1.54, 1.807) is 6.26 Å². The van der Waals surface area contributed by atoms with Crippen molar-refractivity contribution in [3.8, 4) is 11.5 Å². The summed E-state index contributed by atoms with van der Waals surface area (Å²) in [5.74, 6) is -1.49. The summed E-state index contributed by atoms with van der Waals surface area (Å²) in [6.45, 7) is 1.62. The quantitative estimate of drug-likeness (QED) is 0.724. The van der Waals surface area contributed by atoms with Gasteiger partial charge in [0.15, 0.2) is 11.6 Å². The molecule has 0 saturated carbocycles. The third kappa shape index (κ3) is 3.19. The molecule has 4 rings (SSSR count). The van der Waals surface area contributed by atoms with Gasteiger partial charge in [-0.15, -0.1) is 0 Å². The second-order valence-corrected chi connectivity index (χ2v) is 6.35. The average Bonchev–Trinajstić information content (AvgIpc) is 3.31. The van der Waals surface area contributed by atoms with Gasteiger partial charge in [-0.25, -0.2) is 13.8 Å². The molecule has 1 aliphatic heterocycles. The molecule has 7 heteroatoms. The minimum absolute atomic E-state index is 0.297. The van der Waals surface area contributed by atoms with E-state index in [0.717, 1.165) is 37.2 Å². The lowest BCUT2D eigenvalue weighted by molar-refractivity contribution is 0.245. The van der Waals surface area contributed by atoms with Crippen LogP contribution in [0.3, 0.4) is 0 Å². The monoisotopic (exact) mass is 344 g/mol. The molecule has 0 amide bonds. The van der Waals surface area contributed by atoms with Crippen LogP contribution in [0.2, 0.25) is 0 Å². The molecule has 1 aliphatic rings. The predicted octanol–water partition coefficient (Wildman–Crippen LogP) is 3.69. The van der Waals surface area contributed by atoms with E-state index >= 15 is 0 Å². The zero-order valence-corrected chi connectivity index (χ0v) is 13.8. The van der Waals surface area contributed by atoms with Crippen molar-refractivity contribution in [2.24, 2.45) is 7.05 Å². The van der Waals surface area contributed by atoms with Crippen LogP contribution in [0.1, 0.15) is 30.1 Å². The first-order valence-corrected chi connectivity index (χ1v) is 8.22. The van der Waals surface area contributed by atoms with Crippen LogP contribution >= 0.6 is 0 Å².